The lowest BCUT2D eigenvalue weighted by molar-refractivity contribution is 0.177. The molecule has 0 aromatic rings. The molecule has 2 rings (SSSR count). The summed E-state index contributed by atoms with van der Waals surface area (Å²) < 4.78 is 5.30. The van der Waals surface area contributed by atoms with Gasteiger partial charge >= 0.3 is 0 Å². The fourth-order valence-corrected chi connectivity index (χ4v) is 2.02. The molecule has 2 fully saturated rings. The van der Waals surface area contributed by atoms with Crippen molar-refractivity contribution in [2.75, 3.05) is 26.3 Å². The summed E-state index contributed by atoms with van der Waals surface area (Å²) in [5.74, 6) is 1.05. The van der Waals surface area contributed by atoms with Crippen LogP contribution in [0, 0.1) is 5.92 Å². The van der Waals surface area contributed by atoms with Crippen LogP contribution < -0.4 is 11.1 Å². The van der Waals surface area contributed by atoms with E-state index in [1.54, 1.807) is 0 Å². The van der Waals surface area contributed by atoms with Crippen LogP contribution in [-0.2, 0) is 4.74 Å². The second-order valence-corrected chi connectivity index (χ2v) is 4.93. The largest absolute Gasteiger partial charge is 0.379 e. The molecular formula is C11H22N2O. The third-order valence-electron chi connectivity index (χ3n) is 3.27. The van der Waals surface area contributed by atoms with Gasteiger partial charge in [0.25, 0.3) is 0 Å². The van der Waals surface area contributed by atoms with Gasteiger partial charge in [-0.15, -0.1) is 0 Å². The molecule has 3 N–H and O–H groups in total. The van der Waals surface area contributed by atoms with Crippen molar-refractivity contribution >= 4 is 0 Å². The van der Waals surface area contributed by atoms with Crippen molar-refractivity contribution in [3.05, 3.63) is 0 Å². The molecule has 0 aromatic heterocycles. The highest BCUT2D eigenvalue weighted by Gasteiger charge is 2.29. The van der Waals surface area contributed by atoms with E-state index >= 15 is 0 Å². The van der Waals surface area contributed by atoms with Crippen molar-refractivity contribution in [1.29, 1.82) is 0 Å². The highest BCUT2D eigenvalue weighted by atomic mass is 16.5. The van der Waals surface area contributed by atoms with Crippen LogP contribution in [0.15, 0.2) is 0 Å². The zero-order chi connectivity index (χ0) is 9.86. The van der Waals surface area contributed by atoms with Gasteiger partial charge in [0, 0.05) is 13.2 Å². The number of nitrogens with one attached hydrogen (secondary N) is 1. The highest BCUT2D eigenvalue weighted by molar-refractivity contribution is 4.90. The maximum absolute atomic E-state index is 6.13. The zero-order valence-corrected chi connectivity index (χ0v) is 8.93. The molecule has 1 heterocycles. The van der Waals surface area contributed by atoms with Gasteiger partial charge in [-0.3, -0.25) is 0 Å². The monoisotopic (exact) mass is 198 g/mol. The minimum atomic E-state index is -0.0837. The van der Waals surface area contributed by atoms with Gasteiger partial charge in [-0.25, -0.2) is 0 Å². The second kappa shape index (κ2) is 4.60. The van der Waals surface area contributed by atoms with E-state index in [-0.39, 0.29) is 5.54 Å². The molecule has 1 saturated heterocycles. The predicted octanol–water partition coefficient (Wildman–Crippen LogP) is 0.884. The Morgan fingerprint density at radius 3 is 2.93 bits per heavy atom. The highest BCUT2D eigenvalue weighted by Crippen LogP contribution is 2.33. The Bertz CT molecular complexity index is 174. The van der Waals surface area contributed by atoms with Gasteiger partial charge in [-0.2, -0.15) is 0 Å². The fraction of sp³-hybridized carbons (Fsp3) is 1.00. The molecule has 2 aliphatic rings. The summed E-state index contributed by atoms with van der Waals surface area (Å²) in [5.41, 5.74) is 6.04. The van der Waals surface area contributed by atoms with Crippen molar-refractivity contribution < 1.29 is 4.74 Å². The maximum atomic E-state index is 6.13. The lowest BCUT2D eigenvalue weighted by Crippen LogP contribution is -2.49. The third-order valence-corrected chi connectivity index (χ3v) is 3.27. The molecule has 0 amide bonds. The molecule has 0 bridgehead atoms. The predicted molar refractivity (Wildman–Crippen MR) is 57.2 cm³/mol. The van der Waals surface area contributed by atoms with E-state index < -0.39 is 0 Å². The van der Waals surface area contributed by atoms with Gasteiger partial charge in [0.05, 0.1) is 12.1 Å². The van der Waals surface area contributed by atoms with Crippen LogP contribution in [0.5, 0.6) is 0 Å². The summed E-state index contributed by atoms with van der Waals surface area (Å²) in [6.07, 6.45) is 6.65. The number of nitrogens with two attached hydrogens (primary N) is 1. The molecule has 1 saturated carbocycles. The van der Waals surface area contributed by atoms with Crippen molar-refractivity contribution in [3.8, 4) is 0 Å². The van der Waals surface area contributed by atoms with Crippen LogP contribution in [0.1, 0.15) is 32.1 Å². The third kappa shape index (κ3) is 3.23. The van der Waals surface area contributed by atoms with E-state index in [9.17, 15) is 0 Å². The van der Waals surface area contributed by atoms with Gasteiger partial charge in [0.2, 0.25) is 0 Å². The average molecular weight is 198 g/mol. The summed E-state index contributed by atoms with van der Waals surface area (Å²) in [7, 11) is 0. The Balaban J connectivity index is 1.48. The topological polar surface area (TPSA) is 47.3 Å². The van der Waals surface area contributed by atoms with Crippen molar-refractivity contribution in [1.82, 2.24) is 5.32 Å². The lowest BCUT2D eigenvalue weighted by Gasteiger charge is -2.21. The van der Waals surface area contributed by atoms with Gasteiger partial charge in [0.15, 0.2) is 0 Å². The number of hydrogen-bond acceptors (Lipinski definition) is 3. The molecule has 1 atom stereocenters. The molecule has 82 valence electrons. The van der Waals surface area contributed by atoms with Gasteiger partial charge < -0.3 is 15.8 Å². The first-order chi connectivity index (χ1) is 6.79. The zero-order valence-electron chi connectivity index (χ0n) is 8.93. The first-order valence-electron chi connectivity index (χ1n) is 5.86. The minimum Gasteiger partial charge on any atom is -0.379 e. The summed E-state index contributed by atoms with van der Waals surface area (Å²) >= 11 is 0. The van der Waals surface area contributed by atoms with E-state index in [0.717, 1.165) is 38.6 Å². The van der Waals surface area contributed by atoms with Gasteiger partial charge in [-0.1, -0.05) is 12.8 Å². The molecule has 3 nitrogen and oxygen atoms in total. The Hall–Kier alpha value is -0.120. The fourth-order valence-electron chi connectivity index (χ4n) is 2.02. The maximum Gasteiger partial charge on any atom is 0.0659 e. The molecule has 0 radical (unpaired) electrons. The van der Waals surface area contributed by atoms with Gasteiger partial charge in [0.1, 0.15) is 0 Å². The number of hydrogen-bond donors (Lipinski definition) is 2. The van der Waals surface area contributed by atoms with Crippen LogP contribution in [0.2, 0.25) is 0 Å². The van der Waals surface area contributed by atoms with E-state index in [0.29, 0.717) is 0 Å². The van der Waals surface area contributed by atoms with Crippen LogP contribution in [0.25, 0.3) is 0 Å². The molecule has 0 aromatic carbocycles. The smallest absolute Gasteiger partial charge is 0.0659 e. The van der Waals surface area contributed by atoms with E-state index in [2.05, 4.69) is 5.32 Å². The SMILES string of the molecule is NC1(CNCCCC2CC2)CCOC1. The number of ether oxygens (including phenoxy) is 1. The van der Waals surface area contributed by atoms with Crippen molar-refractivity contribution in [2.45, 2.75) is 37.6 Å². The van der Waals surface area contributed by atoms with Crippen molar-refractivity contribution in [2.24, 2.45) is 11.7 Å². The first kappa shape index (κ1) is 10.4. The quantitative estimate of drug-likeness (QED) is 0.623. The Morgan fingerprint density at radius 1 is 1.43 bits per heavy atom. The Labute approximate surface area is 86.4 Å². The van der Waals surface area contributed by atoms with Crippen molar-refractivity contribution in [3.63, 3.8) is 0 Å². The molecule has 1 aliphatic heterocycles. The number of rotatable bonds is 6. The van der Waals surface area contributed by atoms with Crippen LogP contribution >= 0.6 is 0 Å². The standard InChI is InChI=1S/C11H22N2O/c12-11(5-7-14-9-11)8-13-6-1-2-10-3-4-10/h10,13H,1-9,12H2. The Kier molecular flexibility index (Phi) is 3.42. The van der Waals surface area contributed by atoms with E-state index in [4.69, 9.17) is 10.5 Å². The molecular weight excluding hydrogens is 176 g/mol. The van der Waals surface area contributed by atoms with Crippen LogP contribution in [0.4, 0.5) is 0 Å². The molecule has 3 heteroatoms. The molecule has 1 aliphatic carbocycles. The second-order valence-electron chi connectivity index (χ2n) is 4.93. The van der Waals surface area contributed by atoms with Crippen LogP contribution in [0.3, 0.4) is 0 Å². The lowest BCUT2D eigenvalue weighted by atomic mass is 10.0. The summed E-state index contributed by atoms with van der Waals surface area (Å²) in [6.45, 7) is 3.59. The average Bonchev–Trinajstić information content (AvgIpc) is 2.89. The molecule has 0 spiro atoms. The molecule has 1 unspecified atom stereocenters. The van der Waals surface area contributed by atoms with Crippen LogP contribution in [-0.4, -0.2) is 31.8 Å². The first-order valence-corrected chi connectivity index (χ1v) is 5.86. The summed E-state index contributed by atoms with van der Waals surface area (Å²) in [6, 6.07) is 0. The normalized spacial score (nSPS) is 32.4. The van der Waals surface area contributed by atoms with E-state index in [1.807, 2.05) is 0 Å². The Morgan fingerprint density at radius 2 is 2.29 bits per heavy atom. The summed E-state index contributed by atoms with van der Waals surface area (Å²) in [5, 5.41) is 3.45. The minimum absolute atomic E-state index is 0.0837. The van der Waals surface area contributed by atoms with Gasteiger partial charge in [-0.05, 0) is 31.7 Å². The molecule has 14 heavy (non-hydrogen) atoms. The van der Waals surface area contributed by atoms with E-state index in [1.165, 1.54) is 25.7 Å². The summed E-state index contributed by atoms with van der Waals surface area (Å²) in [4.78, 5) is 0.